The fraction of sp³-hybridized carbons (Fsp3) is 0.579. The second kappa shape index (κ2) is 6.67. The van der Waals surface area contributed by atoms with Crippen molar-refractivity contribution in [3.05, 3.63) is 46.4 Å². The molecule has 3 atom stereocenters. The Kier molecular flexibility index (Phi) is 4.37. The molecule has 2 aromatic rings. The standard InChI is InChI=1S/C19H26N4O2/c1-13-10-16(13)17-6-5-15(25-17)11-21-14-4-3-8-23(12-14)18-19(24)22(2)9-7-20-18/h5-7,9,13-14,16,21H,3-4,8,10-12H2,1-2H3/t13-,14+,16-/m1/s1. The van der Waals surface area contributed by atoms with Crippen molar-refractivity contribution in [3.63, 3.8) is 0 Å². The number of aromatic nitrogens is 2. The molecule has 1 aliphatic heterocycles. The molecule has 4 rings (SSSR count). The van der Waals surface area contributed by atoms with Gasteiger partial charge in [0, 0.05) is 44.5 Å². The Morgan fingerprint density at radius 1 is 1.40 bits per heavy atom. The molecule has 134 valence electrons. The summed E-state index contributed by atoms with van der Waals surface area (Å²) in [5.74, 6) is 4.07. The van der Waals surface area contributed by atoms with E-state index >= 15 is 0 Å². The molecule has 3 heterocycles. The van der Waals surface area contributed by atoms with Gasteiger partial charge in [0.15, 0.2) is 5.82 Å². The van der Waals surface area contributed by atoms with Gasteiger partial charge in [-0.05, 0) is 37.3 Å². The number of anilines is 1. The predicted molar refractivity (Wildman–Crippen MR) is 96.8 cm³/mol. The number of nitrogens with one attached hydrogen (secondary N) is 1. The van der Waals surface area contributed by atoms with Crippen molar-refractivity contribution in [2.24, 2.45) is 13.0 Å². The van der Waals surface area contributed by atoms with E-state index < -0.39 is 0 Å². The molecule has 0 bridgehead atoms. The van der Waals surface area contributed by atoms with Gasteiger partial charge in [-0.25, -0.2) is 4.98 Å². The first-order valence-corrected chi connectivity index (χ1v) is 9.20. The Labute approximate surface area is 147 Å². The summed E-state index contributed by atoms with van der Waals surface area (Å²) in [6.07, 6.45) is 6.80. The minimum Gasteiger partial charge on any atom is -0.464 e. The lowest BCUT2D eigenvalue weighted by atomic mass is 10.1. The van der Waals surface area contributed by atoms with Crippen molar-refractivity contribution in [2.45, 2.75) is 44.7 Å². The highest BCUT2D eigenvalue weighted by Crippen LogP contribution is 2.47. The Morgan fingerprint density at radius 2 is 2.24 bits per heavy atom. The number of piperidine rings is 1. The lowest BCUT2D eigenvalue weighted by Crippen LogP contribution is -2.47. The average Bonchev–Trinajstić information content (AvgIpc) is 3.16. The van der Waals surface area contributed by atoms with Crippen LogP contribution in [0.4, 0.5) is 5.82 Å². The van der Waals surface area contributed by atoms with Gasteiger partial charge >= 0.3 is 0 Å². The van der Waals surface area contributed by atoms with E-state index in [4.69, 9.17) is 4.42 Å². The van der Waals surface area contributed by atoms with Gasteiger partial charge in [0.2, 0.25) is 0 Å². The zero-order valence-corrected chi connectivity index (χ0v) is 14.9. The molecule has 2 aliphatic rings. The van der Waals surface area contributed by atoms with Crippen molar-refractivity contribution < 1.29 is 4.42 Å². The minimum atomic E-state index is -0.0302. The second-order valence-corrected chi connectivity index (χ2v) is 7.46. The van der Waals surface area contributed by atoms with Gasteiger partial charge in [-0.2, -0.15) is 0 Å². The van der Waals surface area contributed by atoms with Gasteiger partial charge in [0.1, 0.15) is 11.5 Å². The van der Waals surface area contributed by atoms with Gasteiger partial charge in [0.25, 0.3) is 5.56 Å². The normalized spacial score (nSPS) is 26.0. The summed E-state index contributed by atoms with van der Waals surface area (Å²) in [4.78, 5) is 18.7. The van der Waals surface area contributed by atoms with Gasteiger partial charge in [-0.15, -0.1) is 0 Å². The maximum absolute atomic E-state index is 12.3. The first-order chi connectivity index (χ1) is 12.1. The molecule has 0 unspecified atom stereocenters. The molecule has 6 nitrogen and oxygen atoms in total. The van der Waals surface area contributed by atoms with Crippen LogP contribution in [-0.4, -0.2) is 28.7 Å². The van der Waals surface area contributed by atoms with Gasteiger partial charge in [-0.3, -0.25) is 4.79 Å². The molecule has 1 saturated carbocycles. The Bertz CT molecular complexity index is 797. The van der Waals surface area contributed by atoms with E-state index in [1.807, 2.05) is 0 Å². The highest BCUT2D eigenvalue weighted by Gasteiger charge is 2.36. The largest absolute Gasteiger partial charge is 0.464 e. The third-order valence-corrected chi connectivity index (χ3v) is 5.44. The molecule has 0 radical (unpaired) electrons. The van der Waals surface area contributed by atoms with Crippen LogP contribution >= 0.6 is 0 Å². The van der Waals surface area contributed by atoms with Crippen LogP contribution in [-0.2, 0) is 13.6 Å². The van der Waals surface area contributed by atoms with E-state index in [-0.39, 0.29) is 5.56 Å². The fourth-order valence-electron chi connectivity index (χ4n) is 3.69. The molecular formula is C19H26N4O2. The molecule has 1 saturated heterocycles. The molecule has 1 aliphatic carbocycles. The number of aryl methyl sites for hydroxylation is 1. The topological polar surface area (TPSA) is 63.3 Å². The Balaban J connectivity index is 1.36. The summed E-state index contributed by atoms with van der Waals surface area (Å²) >= 11 is 0. The highest BCUT2D eigenvalue weighted by molar-refractivity contribution is 5.36. The van der Waals surface area contributed by atoms with Crippen LogP contribution < -0.4 is 15.8 Å². The van der Waals surface area contributed by atoms with Crippen molar-refractivity contribution in [1.29, 1.82) is 0 Å². The van der Waals surface area contributed by atoms with Crippen LogP contribution in [0.3, 0.4) is 0 Å². The zero-order valence-electron chi connectivity index (χ0n) is 14.9. The smallest absolute Gasteiger partial charge is 0.293 e. The summed E-state index contributed by atoms with van der Waals surface area (Å²) in [5, 5.41) is 3.58. The lowest BCUT2D eigenvalue weighted by molar-refractivity contribution is 0.384. The first-order valence-electron chi connectivity index (χ1n) is 9.20. The SMILES string of the molecule is C[C@@H]1C[C@H]1c1ccc(CN[C@H]2CCCN(c3nccn(C)c3=O)C2)o1. The third-order valence-electron chi connectivity index (χ3n) is 5.44. The van der Waals surface area contributed by atoms with Gasteiger partial charge in [0.05, 0.1) is 6.54 Å². The molecule has 6 heteroatoms. The molecule has 2 fully saturated rings. The number of rotatable bonds is 5. The monoisotopic (exact) mass is 342 g/mol. The Hall–Kier alpha value is -2.08. The summed E-state index contributed by atoms with van der Waals surface area (Å²) < 4.78 is 7.56. The quantitative estimate of drug-likeness (QED) is 0.903. The fourth-order valence-corrected chi connectivity index (χ4v) is 3.69. The van der Waals surface area contributed by atoms with Crippen LogP contribution in [0.25, 0.3) is 0 Å². The number of hydrogen-bond acceptors (Lipinski definition) is 5. The summed E-state index contributed by atoms with van der Waals surface area (Å²) in [7, 11) is 1.77. The van der Waals surface area contributed by atoms with Crippen LogP contribution in [0.1, 0.15) is 43.6 Å². The molecule has 0 aromatic carbocycles. The molecule has 25 heavy (non-hydrogen) atoms. The number of hydrogen-bond donors (Lipinski definition) is 1. The first kappa shape index (κ1) is 16.4. The zero-order chi connectivity index (χ0) is 17.4. The third kappa shape index (κ3) is 3.49. The summed E-state index contributed by atoms with van der Waals surface area (Å²) in [6.45, 7) is 4.69. The number of furan rings is 1. The average molecular weight is 342 g/mol. The van der Waals surface area contributed by atoms with E-state index in [0.29, 0.717) is 17.8 Å². The highest BCUT2D eigenvalue weighted by atomic mass is 16.3. The van der Waals surface area contributed by atoms with Gasteiger partial charge < -0.3 is 19.2 Å². The predicted octanol–water partition coefficient (Wildman–Crippen LogP) is 2.26. The van der Waals surface area contributed by atoms with Crippen molar-refractivity contribution in [1.82, 2.24) is 14.9 Å². The minimum absolute atomic E-state index is 0.0302. The van der Waals surface area contributed by atoms with Crippen LogP contribution in [0, 0.1) is 5.92 Å². The summed E-state index contributed by atoms with van der Waals surface area (Å²) in [6, 6.07) is 4.55. The number of nitrogens with zero attached hydrogens (tertiary/aromatic N) is 3. The lowest BCUT2D eigenvalue weighted by Gasteiger charge is -2.33. The van der Waals surface area contributed by atoms with E-state index in [1.165, 1.54) is 6.42 Å². The molecular weight excluding hydrogens is 316 g/mol. The van der Waals surface area contributed by atoms with E-state index in [1.54, 1.807) is 24.0 Å². The van der Waals surface area contributed by atoms with Crippen LogP contribution in [0.15, 0.2) is 33.7 Å². The van der Waals surface area contributed by atoms with Gasteiger partial charge in [-0.1, -0.05) is 6.92 Å². The van der Waals surface area contributed by atoms with Crippen LogP contribution in [0.5, 0.6) is 0 Å². The Morgan fingerprint density at radius 3 is 3.04 bits per heavy atom. The van der Waals surface area contributed by atoms with Crippen molar-refractivity contribution >= 4 is 5.82 Å². The molecule has 1 N–H and O–H groups in total. The second-order valence-electron chi connectivity index (χ2n) is 7.46. The van der Waals surface area contributed by atoms with E-state index in [0.717, 1.165) is 49.9 Å². The van der Waals surface area contributed by atoms with Crippen molar-refractivity contribution in [2.75, 3.05) is 18.0 Å². The maximum atomic E-state index is 12.3. The maximum Gasteiger partial charge on any atom is 0.293 e. The van der Waals surface area contributed by atoms with Crippen molar-refractivity contribution in [3.8, 4) is 0 Å². The molecule has 0 amide bonds. The van der Waals surface area contributed by atoms with E-state index in [9.17, 15) is 4.79 Å². The molecule has 0 spiro atoms. The summed E-state index contributed by atoms with van der Waals surface area (Å²) in [5.41, 5.74) is -0.0302. The van der Waals surface area contributed by atoms with Crippen LogP contribution in [0.2, 0.25) is 0 Å². The van der Waals surface area contributed by atoms with E-state index in [2.05, 4.69) is 34.3 Å². The molecule has 2 aromatic heterocycles.